The fourth-order valence-electron chi connectivity index (χ4n) is 1.84. The van der Waals surface area contributed by atoms with Crippen molar-refractivity contribution in [2.24, 2.45) is 5.73 Å². The lowest BCUT2D eigenvalue weighted by Crippen LogP contribution is -2.50. The van der Waals surface area contributed by atoms with Crippen LogP contribution in [0.5, 0.6) is 0 Å². The molecule has 1 aromatic rings. The van der Waals surface area contributed by atoms with Gasteiger partial charge < -0.3 is 15.4 Å². The van der Waals surface area contributed by atoms with Crippen molar-refractivity contribution in [2.45, 2.75) is 6.10 Å². The molecule has 1 aliphatic rings. The molecule has 1 heterocycles. The van der Waals surface area contributed by atoms with Gasteiger partial charge in [0.1, 0.15) is 11.1 Å². The van der Waals surface area contributed by atoms with Crippen LogP contribution < -0.4 is 5.73 Å². The fraction of sp³-hybridized carbons (Fsp3) is 0.333. The molecule has 1 aliphatic heterocycles. The van der Waals surface area contributed by atoms with Crippen molar-refractivity contribution in [2.75, 3.05) is 19.7 Å². The number of halogens is 2. The summed E-state index contributed by atoms with van der Waals surface area (Å²) < 4.78 is 6.29. The highest BCUT2D eigenvalue weighted by atomic mass is 127. The maximum Gasteiger partial charge on any atom is 0.255 e. The Morgan fingerprint density at radius 3 is 3.00 bits per heavy atom. The first-order chi connectivity index (χ1) is 8.99. The minimum atomic E-state index is -0.371. The zero-order valence-corrected chi connectivity index (χ0v) is 13.7. The van der Waals surface area contributed by atoms with Crippen LogP contribution in [0, 0.1) is 3.57 Å². The summed E-state index contributed by atoms with van der Waals surface area (Å²) in [6, 6.07) is 5.26. The first-order valence-electron chi connectivity index (χ1n) is 5.64. The van der Waals surface area contributed by atoms with E-state index in [4.69, 9.17) is 34.3 Å². The topological polar surface area (TPSA) is 55.6 Å². The Hall–Kier alpha value is -0.440. The lowest BCUT2D eigenvalue weighted by molar-refractivity contribution is 0.00873. The van der Waals surface area contributed by atoms with Crippen molar-refractivity contribution in [3.63, 3.8) is 0 Å². The Morgan fingerprint density at radius 2 is 2.32 bits per heavy atom. The number of morpholine rings is 1. The van der Waals surface area contributed by atoms with Gasteiger partial charge in [0.25, 0.3) is 5.91 Å². The van der Waals surface area contributed by atoms with Gasteiger partial charge in [-0.2, -0.15) is 0 Å². The van der Waals surface area contributed by atoms with Crippen LogP contribution in [0.15, 0.2) is 18.2 Å². The van der Waals surface area contributed by atoms with E-state index in [0.717, 1.165) is 3.57 Å². The number of benzene rings is 1. The predicted molar refractivity (Wildman–Crippen MR) is 86.6 cm³/mol. The Morgan fingerprint density at radius 1 is 1.58 bits per heavy atom. The molecule has 1 unspecified atom stereocenters. The third-order valence-corrected chi connectivity index (χ3v) is 4.27. The number of nitrogens with zero attached hydrogens (tertiary/aromatic N) is 1. The van der Waals surface area contributed by atoms with Gasteiger partial charge in [-0.05, 0) is 40.8 Å². The zero-order valence-electron chi connectivity index (χ0n) is 9.94. The second-order valence-corrected chi connectivity index (χ2v) is 6.21. The normalized spacial score (nSPS) is 19.3. The van der Waals surface area contributed by atoms with Gasteiger partial charge in [-0.15, -0.1) is 0 Å². The predicted octanol–water partition coefficient (Wildman–Crippen LogP) is 2.07. The van der Waals surface area contributed by atoms with Crippen LogP contribution in [0.25, 0.3) is 0 Å². The lowest BCUT2D eigenvalue weighted by atomic mass is 10.1. The van der Waals surface area contributed by atoms with Crippen LogP contribution in [-0.4, -0.2) is 41.6 Å². The molecule has 2 N–H and O–H groups in total. The summed E-state index contributed by atoms with van der Waals surface area (Å²) in [5.41, 5.74) is 6.16. The Labute approximate surface area is 135 Å². The Bertz CT molecular complexity index is 526. The van der Waals surface area contributed by atoms with Gasteiger partial charge in [-0.25, -0.2) is 0 Å². The number of hydrogen-bond acceptors (Lipinski definition) is 3. The summed E-state index contributed by atoms with van der Waals surface area (Å²) >= 11 is 13.0. The molecule has 2 rings (SSSR count). The summed E-state index contributed by atoms with van der Waals surface area (Å²) in [6.07, 6.45) is -0.371. The summed E-state index contributed by atoms with van der Waals surface area (Å²) in [6.45, 7) is 1.35. The Balaban J connectivity index is 2.19. The molecule has 0 bridgehead atoms. The number of thiocarbonyl (C=S) groups is 1. The van der Waals surface area contributed by atoms with Gasteiger partial charge in [-0.3, -0.25) is 4.79 Å². The summed E-state index contributed by atoms with van der Waals surface area (Å²) in [5, 5.41) is 0.544. The number of nitrogens with two attached hydrogens (primary N) is 1. The first kappa shape index (κ1) is 15.0. The largest absolute Gasteiger partial charge is 0.391 e. The van der Waals surface area contributed by atoms with Gasteiger partial charge in [0.05, 0.1) is 18.7 Å². The molecule has 19 heavy (non-hydrogen) atoms. The van der Waals surface area contributed by atoms with E-state index in [9.17, 15) is 4.79 Å². The van der Waals surface area contributed by atoms with Crippen molar-refractivity contribution in [3.8, 4) is 0 Å². The monoisotopic (exact) mass is 410 g/mol. The van der Waals surface area contributed by atoms with Crippen LogP contribution >= 0.6 is 46.4 Å². The second kappa shape index (κ2) is 6.34. The van der Waals surface area contributed by atoms with E-state index < -0.39 is 0 Å². The quantitative estimate of drug-likeness (QED) is 0.599. The van der Waals surface area contributed by atoms with Crippen molar-refractivity contribution in [1.29, 1.82) is 0 Å². The SMILES string of the molecule is NC(=S)C1CN(C(=O)c2cc(Cl)ccc2I)CCO1. The van der Waals surface area contributed by atoms with E-state index in [-0.39, 0.29) is 17.0 Å². The van der Waals surface area contributed by atoms with E-state index in [1.54, 1.807) is 17.0 Å². The highest BCUT2D eigenvalue weighted by Gasteiger charge is 2.27. The van der Waals surface area contributed by atoms with Gasteiger partial charge in [0.2, 0.25) is 0 Å². The van der Waals surface area contributed by atoms with Crippen molar-refractivity contribution < 1.29 is 9.53 Å². The molecule has 102 valence electrons. The second-order valence-electron chi connectivity index (χ2n) is 4.14. The van der Waals surface area contributed by atoms with Crippen LogP contribution in [0.3, 0.4) is 0 Å². The molecule has 0 aromatic heterocycles. The fourth-order valence-corrected chi connectivity index (χ4v) is 2.72. The third kappa shape index (κ3) is 3.56. The maximum absolute atomic E-state index is 12.5. The molecule has 1 amide bonds. The smallest absolute Gasteiger partial charge is 0.255 e. The van der Waals surface area contributed by atoms with Crippen LogP contribution in [0.4, 0.5) is 0 Å². The van der Waals surface area contributed by atoms with E-state index in [1.165, 1.54) is 0 Å². The molecule has 0 radical (unpaired) electrons. The number of ether oxygens (including phenoxy) is 1. The number of carbonyl (C=O) groups excluding carboxylic acids is 1. The highest BCUT2D eigenvalue weighted by molar-refractivity contribution is 14.1. The van der Waals surface area contributed by atoms with Crippen LogP contribution in [0.2, 0.25) is 5.02 Å². The van der Waals surface area contributed by atoms with Crippen molar-refractivity contribution >= 4 is 57.3 Å². The lowest BCUT2D eigenvalue weighted by Gasteiger charge is -2.32. The van der Waals surface area contributed by atoms with Crippen molar-refractivity contribution in [1.82, 2.24) is 4.90 Å². The third-order valence-electron chi connectivity index (χ3n) is 2.83. The van der Waals surface area contributed by atoms with Gasteiger partial charge in [-0.1, -0.05) is 23.8 Å². The molecule has 4 nitrogen and oxygen atoms in total. The molecule has 7 heteroatoms. The average molecular weight is 411 g/mol. The molecule has 1 aromatic carbocycles. The van der Waals surface area contributed by atoms with E-state index >= 15 is 0 Å². The molecular weight excluding hydrogens is 399 g/mol. The number of carbonyl (C=O) groups is 1. The van der Waals surface area contributed by atoms with Gasteiger partial charge in [0, 0.05) is 15.1 Å². The zero-order chi connectivity index (χ0) is 14.0. The van der Waals surface area contributed by atoms with Crippen LogP contribution in [0.1, 0.15) is 10.4 Å². The molecule has 1 atom stereocenters. The van der Waals surface area contributed by atoms with E-state index in [1.807, 2.05) is 6.07 Å². The summed E-state index contributed by atoms with van der Waals surface area (Å²) in [4.78, 5) is 14.4. The molecule has 1 saturated heterocycles. The van der Waals surface area contributed by atoms with Crippen molar-refractivity contribution in [3.05, 3.63) is 32.4 Å². The molecule has 0 saturated carbocycles. The number of rotatable bonds is 2. The molecular formula is C12H12ClIN2O2S. The van der Waals surface area contributed by atoms with Gasteiger partial charge in [0.15, 0.2) is 0 Å². The maximum atomic E-state index is 12.5. The summed E-state index contributed by atoms with van der Waals surface area (Å²) in [7, 11) is 0. The molecule has 1 fully saturated rings. The minimum absolute atomic E-state index is 0.0727. The number of amides is 1. The first-order valence-corrected chi connectivity index (χ1v) is 7.51. The van der Waals surface area contributed by atoms with Crippen LogP contribution in [-0.2, 0) is 4.74 Å². The average Bonchev–Trinajstić information content (AvgIpc) is 2.41. The highest BCUT2D eigenvalue weighted by Crippen LogP contribution is 2.20. The number of hydrogen-bond donors (Lipinski definition) is 1. The molecule has 0 spiro atoms. The molecule has 0 aliphatic carbocycles. The summed E-state index contributed by atoms with van der Waals surface area (Å²) in [5.74, 6) is -0.0727. The van der Waals surface area contributed by atoms with E-state index in [2.05, 4.69) is 22.6 Å². The standard InChI is InChI=1S/C12H12ClIN2O2S/c13-7-1-2-9(14)8(5-7)12(17)16-3-4-18-10(6-16)11(15)19/h1-2,5,10H,3-4,6H2,(H2,15,19). The van der Waals surface area contributed by atoms with Gasteiger partial charge >= 0.3 is 0 Å². The van der Waals surface area contributed by atoms with E-state index in [0.29, 0.717) is 30.3 Å². The Kier molecular flexibility index (Phi) is 4.99. The minimum Gasteiger partial charge on any atom is -0.391 e.